The van der Waals surface area contributed by atoms with E-state index in [1.165, 1.54) is 19.2 Å². The first-order valence-electron chi connectivity index (χ1n) is 6.63. The van der Waals surface area contributed by atoms with E-state index < -0.39 is 5.82 Å². The lowest BCUT2D eigenvalue weighted by Gasteiger charge is -2.12. The van der Waals surface area contributed by atoms with E-state index in [1.807, 2.05) is 19.1 Å². The van der Waals surface area contributed by atoms with E-state index in [2.05, 4.69) is 10.6 Å². The summed E-state index contributed by atoms with van der Waals surface area (Å²) in [5.41, 5.74) is 2.08. The highest BCUT2D eigenvalue weighted by molar-refractivity contribution is 6.30. The maximum atomic E-state index is 13.3. The molecule has 0 unspecified atom stereocenters. The molecule has 22 heavy (non-hydrogen) atoms. The van der Waals surface area contributed by atoms with Crippen LogP contribution < -0.4 is 15.4 Å². The molecule has 0 radical (unpaired) electrons. The second kappa shape index (κ2) is 7.13. The van der Waals surface area contributed by atoms with Crippen LogP contribution in [0.5, 0.6) is 5.75 Å². The second-order valence-corrected chi connectivity index (χ2v) is 5.14. The zero-order valence-corrected chi connectivity index (χ0v) is 13.0. The Morgan fingerprint density at radius 2 is 2.05 bits per heavy atom. The molecule has 0 spiro atoms. The molecule has 6 heteroatoms. The Hall–Kier alpha value is -2.27. The number of amides is 1. The molecule has 0 atom stereocenters. The fourth-order valence-electron chi connectivity index (χ4n) is 1.90. The van der Waals surface area contributed by atoms with Crippen molar-refractivity contribution < 1.29 is 13.9 Å². The minimum Gasteiger partial charge on any atom is -0.495 e. The van der Waals surface area contributed by atoms with Crippen LogP contribution in [0, 0.1) is 12.7 Å². The third kappa shape index (κ3) is 4.11. The molecule has 0 saturated carbocycles. The molecule has 0 aliphatic rings. The minimum atomic E-state index is -0.535. The Kier molecular flexibility index (Phi) is 5.22. The highest BCUT2D eigenvalue weighted by atomic mass is 35.5. The third-order valence-electron chi connectivity index (χ3n) is 3.00. The lowest BCUT2D eigenvalue weighted by atomic mass is 10.2. The van der Waals surface area contributed by atoms with Crippen molar-refractivity contribution in [2.45, 2.75) is 6.92 Å². The highest BCUT2D eigenvalue weighted by Crippen LogP contribution is 2.25. The number of carbonyl (C=O) groups is 1. The molecule has 0 aliphatic heterocycles. The van der Waals surface area contributed by atoms with Crippen molar-refractivity contribution in [3.8, 4) is 5.75 Å². The molecule has 2 aromatic carbocycles. The summed E-state index contributed by atoms with van der Waals surface area (Å²) in [5, 5.41) is 5.63. The first-order chi connectivity index (χ1) is 10.5. The molecule has 116 valence electrons. The molecule has 0 saturated heterocycles. The maximum absolute atomic E-state index is 13.3. The van der Waals surface area contributed by atoms with Gasteiger partial charge in [0.25, 0.3) is 0 Å². The summed E-state index contributed by atoms with van der Waals surface area (Å²) < 4.78 is 18.5. The van der Waals surface area contributed by atoms with E-state index in [-0.39, 0.29) is 17.5 Å². The van der Waals surface area contributed by atoms with Gasteiger partial charge in [-0.3, -0.25) is 4.79 Å². The molecule has 1 amide bonds. The Labute approximate surface area is 133 Å². The molecule has 0 aliphatic carbocycles. The molecule has 0 bridgehead atoms. The van der Waals surface area contributed by atoms with Crippen molar-refractivity contribution in [3.05, 3.63) is 52.8 Å². The monoisotopic (exact) mass is 322 g/mol. The lowest BCUT2D eigenvalue weighted by Crippen LogP contribution is -2.22. The SMILES string of the molecule is COc1ccc(C)cc1NC(=O)CNc1ccc(Cl)c(F)c1. The smallest absolute Gasteiger partial charge is 0.243 e. The number of anilines is 2. The fourth-order valence-corrected chi connectivity index (χ4v) is 2.02. The number of aryl methyl sites for hydroxylation is 1. The van der Waals surface area contributed by atoms with E-state index in [0.717, 1.165) is 5.56 Å². The molecule has 0 heterocycles. The number of hydrogen-bond donors (Lipinski definition) is 2. The molecule has 2 rings (SSSR count). The van der Waals surface area contributed by atoms with Crippen LogP contribution in [0.25, 0.3) is 0 Å². The van der Waals surface area contributed by atoms with Crippen molar-refractivity contribution in [2.24, 2.45) is 0 Å². The summed E-state index contributed by atoms with van der Waals surface area (Å²) >= 11 is 5.60. The predicted molar refractivity (Wildman–Crippen MR) is 86.3 cm³/mol. The Balaban J connectivity index is 1.98. The quantitative estimate of drug-likeness (QED) is 0.879. The van der Waals surface area contributed by atoms with E-state index in [4.69, 9.17) is 16.3 Å². The van der Waals surface area contributed by atoms with Crippen LogP contribution in [0.2, 0.25) is 5.02 Å². The molecule has 0 fully saturated rings. The highest BCUT2D eigenvalue weighted by Gasteiger charge is 2.08. The van der Waals surface area contributed by atoms with E-state index in [9.17, 15) is 9.18 Å². The van der Waals surface area contributed by atoms with Crippen LogP contribution in [-0.2, 0) is 4.79 Å². The average molecular weight is 323 g/mol. The third-order valence-corrected chi connectivity index (χ3v) is 3.31. The lowest BCUT2D eigenvalue weighted by molar-refractivity contribution is -0.114. The van der Waals surface area contributed by atoms with E-state index in [0.29, 0.717) is 17.1 Å². The van der Waals surface area contributed by atoms with Crippen molar-refractivity contribution in [3.63, 3.8) is 0 Å². The molecular formula is C16H16ClFN2O2. The van der Waals surface area contributed by atoms with Gasteiger partial charge in [0.15, 0.2) is 0 Å². The standard InChI is InChI=1S/C16H16ClFN2O2/c1-10-3-6-15(22-2)14(7-10)20-16(21)9-19-11-4-5-12(17)13(18)8-11/h3-8,19H,9H2,1-2H3,(H,20,21). The molecule has 2 N–H and O–H groups in total. The number of ether oxygens (including phenoxy) is 1. The van der Waals surface area contributed by atoms with Gasteiger partial charge >= 0.3 is 0 Å². The van der Waals surface area contributed by atoms with Crippen molar-refractivity contribution in [1.82, 2.24) is 0 Å². The summed E-state index contributed by atoms with van der Waals surface area (Å²) in [6.07, 6.45) is 0. The normalized spacial score (nSPS) is 10.2. The van der Waals surface area contributed by atoms with Gasteiger partial charge < -0.3 is 15.4 Å². The zero-order valence-electron chi connectivity index (χ0n) is 12.2. The van der Waals surface area contributed by atoms with Gasteiger partial charge in [-0.05, 0) is 42.8 Å². The summed E-state index contributed by atoms with van der Waals surface area (Å²) in [4.78, 5) is 12.0. The second-order valence-electron chi connectivity index (χ2n) is 4.73. The molecule has 4 nitrogen and oxygen atoms in total. The molecule has 2 aromatic rings. The van der Waals surface area contributed by atoms with Gasteiger partial charge in [0.1, 0.15) is 11.6 Å². The summed E-state index contributed by atoms with van der Waals surface area (Å²) in [6.45, 7) is 1.92. The number of hydrogen-bond acceptors (Lipinski definition) is 3. The van der Waals surface area contributed by atoms with Gasteiger partial charge in [-0.25, -0.2) is 4.39 Å². The number of halogens is 2. The van der Waals surface area contributed by atoms with Crippen molar-refractivity contribution in [1.29, 1.82) is 0 Å². The number of carbonyl (C=O) groups excluding carboxylic acids is 1. The van der Waals surface area contributed by atoms with Crippen LogP contribution in [0.15, 0.2) is 36.4 Å². The number of methoxy groups -OCH3 is 1. The zero-order chi connectivity index (χ0) is 16.1. The number of benzene rings is 2. The average Bonchev–Trinajstić information content (AvgIpc) is 2.49. The van der Waals surface area contributed by atoms with Crippen molar-refractivity contribution in [2.75, 3.05) is 24.3 Å². The largest absolute Gasteiger partial charge is 0.495 e. The molecule has 0 aromatic heterocycles. The van der Waals surface area contributed by atoms with Crippen LogP contribution in [0.1, 0.15) is 5.56 Å². The fraction of sp³-hybridized carbons (Fsp3) is 0.188. The van der Waals surface area contributed by atoms with Gasteiger partial charge in [-0.1, -0.05) is 17.7 Å². The Bertz CT molecular complexity index is 692. The maximum Gasteiger partial charge on any atom is 0.243 e. The van der Waals surface area contributed by atoms with Gasteiger partial charge in [0.2, 0.25) is 5.91 Å². The minimum absolute atomic E-state index is 0.00182. The number of nitrogens with one attached hydrogen (secondary N) is 2. The molecular weight excluding hydrogens is 307 g/mol. The van der Waals surface area contributed by atoms with Gasteiger partial charge in [-0.2, -0.15) is 0 Å². The number of rotatable bonds is 5. The summed E-state index contributed by atoms with van der Waals surface area (Å²) in [6, 6.07) is 9.77. The van der Waals surface area contributed by atoms with Crippen LogP contribution in [0.4, 0.5) is 15.8 Å². The van der Waals surface area contributed by atoms with E-state index in [1.54, 1.807) is 12.1 Å². The van der Waals surface area contributed by atoms with Crippen LogP contribution >= 0.6 is 11.6 Å². The Morgan fingerprint density at radius 3 is 2.73 bits per heavy atom. The van der Waals surface area contributed by atoms with Gasteiger partial charge in [0, 0.05) is 5.69 Å². The predicted octanol–water partition coefficient (Wildman–Crippen LogP) is 3.85. The summed E-state index contributed by atoms with van der Waals surface area (Å²) in [5.74, 6) is -0.219. The van der Waals surface area contributed by atoms with Crippen LogP contribution in [-0.4, -0.2) is 19.6 Å². The Morgan fingerprint density at radius 1 is 1.27 bits per heavy atom. The van der Waals surface area contributed by atoms with E-state index >= 15 is 0 Å². The summed E-state index contributed by atoms with van der Waals surface area (Å²) in [7, 11) is 1.54. The first kappa shape index (κ1) is 16.1. The van der Waals surface area contributed by atoms with Gasteiger partial charge in [-0.15, -0.1) is 0 Å². The van der Waals surface area contributed by atoms with Gasteiger partial charge in [0.05, 0.1) is 24.4 Å². The van der Waals surface area contributed by atoms with Crippen LogP contribution in [0.3, 0.4) is 0 Å². The topological polar surface area (TPSA) is 50.4 Å². The first-order valence-corrected chi connectivity index (χ1v) is 7.01. The van der Waals surface area contributed by atoms with Crippen molar-refractivity contribution >= 4 is 28.9 Å².